The molecule has 1 aromatic rings. The van der Waals surface area contributed by atoms with Crippen LogP contribution in [-0.4, -0.2) is 23.5 Å². The molecule has 1 amide bonds. The SMILES string of the molecule is Nc1cnc(NC2CCCNC2=O)s1. The second-order valence-electron chi connectivity index (χ2n) is 3.20. The third-order valence-corrected chi connectivity index (χ3v) is 2.86. The second kappa shape index (κ2) is 3.83. The Kier molecular flexibility index (Phi) is 2.53. The summed E-state index contributed by atoms with van der Waals surface area (Å²) in [6, 6.07) is -0.158. The van der Waals surface area contributed by atoms with Gasteiger partial charge >= 0.3 is 0 Å². The molecule has 1 aliphatic heterocycles. The molecule has 2 heterocycles. The van der Waals surface area contributed by atoms with Crippen molar-refractivity contribution in [3.05, 3.63) is 6.20 Å². The number of hydrogen-bond acceptors (Lipinski definition) is 5. The third-order valence-electron chi connectivity index (χ3n) is 2.11. The van der Waals surface area contributed by atoms with Crippen molar-refractivity contribution >= 4 is 27.4 Å². The number of nitrogen functional groups attached to an aromatic ring is 1. The highest BCUT2D eigenvalue weighted by Crippen LogP contribution is 2.21. The largest absolute Gasteiger partial charge is 0.389 e. The molecule has 76 valence electrons. The number of anilines is 2. The molecule has 2 rings (SSSR count). The molecule has 0 aliphatic carbocycles. The Morgan fingerprint density at radius 2 is 2.57 bits per heavy atom. The number of nitrogens with one attached hydrogen (secondary N) is 2. The van der Waals surface area contributed by atoms with Crippen LogP contribution in [0.2, 0.25) is 0 Å². The van der Waals surface area contributed by atoms with Gasteiger partial charge in [-0.05, 0) is 12.8 Å². The van der Waals surface area contributed by atoms with Gasteiger partial charge in [0.2, 0.25) is 5.91 Å². The van der Waals surface area contributed by atoms with Crippen LogP contribution in [0.3, 0.4) is 0 Å². The van der Waals surface area contributed by atoms with E-state index < -0.39 is 0 Å². The number of nitrogens with two attached hydrogens (primary N) is 1. The van der Waals surface area contributed by atoms with E-state index in [2.05, 4.69) is 15.6 Å². The molecule has 5 nitrogen and oxygen atoms in total. The predicted octanol–water partition coefficient (Wildman–Crippen LogP) is 0.416. The molecule has 1 saturated heterocycles. The van der Waals surface area contributed by atoms with Gasteiger partial charge in [0.25, 0.3) is 0 Å². The standard InChI is InChI=1S/C8H12N4OS/c9-6-4-11-8(14-6)12-5-2-1-3-10-7(5)13/h4-5H,1-3,9H2,(H,10,13)(H,11,12). The molecule has 1 atom stereocenters. The van der Waals surface area contributed by atoms with E-state index in [1.165, 1.54) is 11.3 Å². The second-order valence-corrected chi connectivity index (χ2v) is 4.26. The normalized spacial score (nSPS) is 21.7. The molecule has 0 aromatic carbocycles. The quantitative estimate of drug-likeness (QED) is 0.663. The Labute approximate surface area is 85.7 Å². The molecule has 1 aromatic heterocycles. The van der Waals surface area contributed by atoms with E-state index in [4.69, 9.17) is 5.73 Å². The van der Waals surface area contributed by atoms with E-state index in [1.807, 2.05) is 0 Å². The number of nitrogens with zero attached hydrogens (tertiary/aromatic N) is 1. The van der Waals surface area contributed by atoms with Gasteiger partial charge in [-0.1, -0.05) is 11.3 Å². The number of rotatable bonds is 2. The lowest BCUT2D eigenvalue weighted by molar-refractivity contribution is -0.123. The van der Waals surface area contributed by atoms with Gasteiger partial charge in [0.05, 0.1) is 6.20 Å². The molecular formula is C8H12N4OS. The van der Waals surface area contributed by atoms with Crippen molar-refractivity contribution < 1.29 is 4.79 Å². The van der Waals surface area contributed by atoms with Gasteiger partial charge in [-0.25, -0.2) is 4.98 Å². The molecule has 6 heteroatoms. The first-order valence-electron chi connectivity index (χ1n) is 4.51. The summed E-state index contributed by atoms with van der Waals surface area (Å²) in [5.74, 6) is 0.0463. The monoisotopic (exact) mass is 212 g/mol. The van der Waals surface area contributed by atoms with Gasteiger partial charge < -0.3 is 16.4 Å². The Balaban J connectivity index is 1.99. The molecule has 1 aliphatic rings. The summed E-state index contributed by atoms with van der Waals surface area (Å²) in [5, 5.41) is 7.24. The first kappa shape index (κ1) is 9.26. The lowest BCUT2D eigenvalue weighted by Crippen LogP contribution is -2.44. The predicted molar refractivity (Wildman–Crippen MR) is 56.2 cm³/mol. The van der Waals surface area contributed by atoms with Crippen LogP contribution < -0.4 is 16.4 Å². The van der Waals surface area contributed by atoms with Gasteiger partial charge in [-0.3, -0.25) is 4.79 Å². The minimum absolute atomic E-state index is 0.0463. The zero-order chi connectivity index (χ0) is 9.97. The van der Waals surface area contributed by atoms with Crippen LogP contribution in [0.25, 0.3) is 0 Å². The Bertz CT molecular complexity index is 338. The fraction of sp³-hybridized carbons (Fsp3) is 0.500. The summed E-state index contributed by atoms with van der Waals surface area (Å²) in [5.41, 5.74) is 5.53. The van der Waals surface area contributed by atoms with Crippen LogP contribution in [0, 0.1) is 0 Å². The Morgan fingerprint density at radius 3 is 3.21 bits per heavy atom. The van der Waals surface area contributed by atoms with Crippen molar-refractivity contribution in [3.63, 3.8) is 0 Å². The molecule has 1 unspecified atom stereocenters. The van der Waals surface area contributed by atoms with E-state index in [0.29, 0.717) is 10.1 Å². The van der Waals surface area contributed by atoms with Gasteiger partial charge in [0.15, 0.2) is 5.13 Å². The zero-order valence-corrected chi connectivity index (χ0v) is 8.43. The maximum absolute atomic E-state index is 11.4. The summed E-state index contributed by atoms with van der Waals surface area (Å²) in [4.78, 5) is 15.4. The fourth-order valence-corrected chi connectivity index (χ4v) is 2.05. The topological polar surface area (TPSA) is 80.0 Å². The first-order valence-corrected chi connectivity index (χ1v) is 5.33. The third kappa shape index (κ3) is 1.95. The molecular weight excluding hydrogens is 200 g/mol. The smallest absolute Gasteiger partial charge is 0.242 e. The highest BCUT2D eigenvalue weighted by atomic mass is 32.1. The van der Waals surface area contributed by atoms with Crippen molar-refractivity contribution in [3.8, 4) is 0 Å². The molecule has 1 fully saturated rings. The van der Waals surface area contributed by atoms with Crippen LogP contribution in [0.15, 0.2) is 6.20 Å². The van der Waals surface area contributed by atoms with Gasteiger partial charge in [0, 0.05) is 6.54 Å². The number of piperidine rings is 1. The van der Waals surface area contributed by atoms with E-state index in [1.54, 1.807) is 6.20 Å². The summed E-state index contributed by atoms with van der Waals surface area (Å²) in [6.07, 6.45) is 3.45. The fourth-order valence-electron chi connectivity index (χ4n) is 1.41. The number of carbonyl (C=O) groups is 1. The average molecular weight is 212 g/mol. The van der Waals surface area contributed by atoms with Crippen molar-refractivity contribution in [2.45, 2.75) is 18.9 Å². The maximum Gasteiger partial charge on any atom is 0.242 e. The van der Waals surface area contributed by atoms with Crippen LogP contribution in [-0.2, 0) is 4.79 Å². The van der Waals surface area contributed by atoms with Crippen LogP contribution >= 0.6 is 11.3 Å². The maximum atomic E-state index is 11.4. The molecule has 14 heavy (non-hydrogen) atoms. The minimum atomic E-state index is -0.158. The number of aromatic nitrogens is 1. The van der Waals surface area contributed by atoms with Crippen LogP contribution in [0.4, 0.5) is 10.1 Å². The molecule has 4 N–H and O–H groups in total. The van der Waals surface area contributed by atoms with Crippen molar-refractivity contribution in [1.29, 1.82) is 0 Å². The number of amides is 1. The number of thiazole rings is 1. The highest BCUT2D eigenvalue weighted by molar-refractivity contribution is 7.19. The Morgan fingerprint density at radius 1 is 1.71 bits per heavy atom. The molecule has 0 radical (unpaired) electrons. The molecule has 0 saturated carbocycles. The number of hydrogen-bond donors (Lipinski definition) is 3. The minimum Gasteiger partial charge on any atom is -0.389 e. The van der Waals surface area contributed by atoms with Gasteiger partial charge in [-0.2, -0.15) is 0 Å². The molecule has 0 bridgehead atoms. The van der Waals surface area contributed by atoms with E-state index >= 15 is 0 Å². The summed E-state index contributed by atoms with van der Waals surface area (Å²) < 4.78 is 0. The van der Waals surface area contributed by atoms with E-state index in [0.717, 1.165) is 19.4 Å². The van der Waals surface area contributed by atoms with Gasteiger partial charge in [0.1, 0.15) is 11.0 Å². The summed E-state index contributed by atoms with van der Waals surface area (Å²) in [7, 11) is 0. The summed E-state index contributed by atoms with van der Waals surface area (Å²) in [6.45, 7) is 0.775. The lowest BCUT2D eigenvalue weighted by atomic mass is 10.1. The van der Waals surface area contributed by atoms with Crippen LogP contribution in [0.1, 0.15) is 12.8 Å². The molecule has 0 spiro atoms. The lowest BCUT2D eigenvalue weighted by Gasteiger charge is -2.22. The number of carbonyl (C=O) groups excluding carboxylic acids is 1. The first-order chi connectivity index (χ1) is 6.75. The van der Waals surface area contributed by atoms with Crippen molar-refractivity contribution in [2.24, 2.45) is 0 Å². The van der Waals surface area contributed by atoms with E-state index in [-0.39, 0.29) is 11.9 Å². The van der Waals surface area contributed by atoms with Crippen molar-refractivity contribution in [2.75, 3.05) is 17.6 Å². The Hall–Kier alpha value is -1.30. The van der Waals surface area contributed by atoms with Crippen LogP contribution in [0.5, 0.6) is 0 Å². The van der Waals surface area contributed by atoms with E-state index in [9.17, 15) is 4.79 Å². The van der Waals surface area contributed by atoms with Crippen molar-refractivity contribution in [1.82, 2.24) is 10.3 Å². The zero-order valence-electron chi connectivity index (χ0n) is 7.62. The highest BCUT2D eigenvalue weighted by Gasteiger charge is 2.22. The summed E-state index contributed by atoms with van der Waals surface area (Å²) >= 11 is 1.36. The average Bonchev–Trinajstić information content (AvgIpc) is 2.56. The van der Waals surface area contributed by atoms with Gasteiger partial charge in [-0.15, -0.1) is 0 Å².